The molecule has 0 saturated carbocycles. The third kappa shape index (κ3) is 3.64. The van der Waals surface area contributed by atoms with Crippen molar-refractivity contribution in [1.29, 1.82) is 0 Å². The van der Waals surface area contributed by atoms with E-state index >= 15 is 0 Å². The van der Waals surface area contributed by atoms with Crippen LogP contribution in [-0.2, 0) is 0 Å². The van der Waals surface area contributed by atoms with E-state index in [1.54, 1.807) is 0 Å². The zero-order chi connectivity index (χ0) is 19.5. The lowest BCUT2D eigenvalue weighted by atomic mass is 10.2. The maximum atomic E-state index is 5.55. The Bertz CT molecular complexity index is 963. The molecule has 0 atom stereocenters. The minimum Gasteiger partial charge on any atom is -0.494 e. The van der Waals surface area contributed by atoms with Gasteiger partial charge in [-0.1, -0.05) is 35.4 Å². The van der Waals surface area contributed by atoms with Crippen molar-refractivity contribution in [2.45, 2.75) is 20.8 Å². The standard InChI is InChI=1S/C23H24N4O/c1-4-28-22-15-9-19(10-16-22)23-24-26(20-11-5-17(2)6-12-20)27(25-23)21-13-7-18(3)8-14-21/h5-16H,4H2,1-3H3,(H,24,25). The van der Waals surface area contributed by atoms with E-state index in [4.69, 9.17) is 9.84 Å². The predicted molar refractivity (Wildman–Crippen MR) is 115 cm³/mol. The molecule has 0 amide bonds. The molecule has 0 fully saturated rings. The van der Waals surface area contributed by atoms with E-state index in [-0.39, 0.29) is 0 Å². The van der Waals surface area contributed by atoms with Gasteiger partial charge in [0, 0.05) is 5.56 Å². The quantitative estimate of drug-likeness (QED) is 0.698. The van der Waals surface area contributed by atoms with Crippen molar-refractivity contribution in [3.05, 3.63) is 89.5 Å². The summed E-state index contributed by atoms with van der Waals surface area (Å²) in [6.45, 7) is 6.80. The van der Waals surface area contributed by atoms with Crippen LogP contribution < -0.4 is 20.4 Å². The van der Waals surface area contributed by atoms with Crippen LogP contribution in [0.4, 0.5) is 11.4 Å². The van der Waals surface area contributed by atoms with Crippen molar-refractivity contribution >= 4 is 17.2 Å². The lowest BCUT2D eigenvalue weighted by Gasteiger charge is -2.28. The van der Waals surface area contributed by atoms with Crippen molar-refractivity contribution in [3.8, 4) is 5.75 Å². The van der Waals surface area contributed by atoms with Gasteiger partial charge in [-0.2, -0.15) is 10.2 Å². The van der Waals surface area contributed by atoms with Crippen LogP contribution in [0.1, 0.15) is 23.6 Å². The molecule has 5 nitrogen and oxygen atoms in total. The summed E-state index contributed by atoms with van der Waals surface area (Å²) in [4.78, 5) is 0. The van der Waals surface area contributed by atoms with Gasteiger partial charge >= 0.3 is 0 Å². The fraction of sp³-hybridized carbons (Fsp3) is 0.174. The Kier molecular flexibility index (Phi) is 4.89. The predicted octanol–water partition coefficient (Wildman–Crippen LogP) is 4.81. The Balaban J connectivity index is 1.69. The van der Waals surface area contributed by atoms with Crippen molar-refractivity contribution < 1.29 is 4.74 Å². The second-order valence-corrected chi connectivity index (χ2v) is 6.79. The Morgan fingerprint density at radius 1 is 0.786 bits per heavy atom. The molecule has 0 aliphatic carbocycles. The molecule has 1 aliphatic heterocycles. The molecule has 0 aromatic heterocycles. The summed E-state index contributed by atoms with van der Waals surface area (Å²) >= 11 is 0. The summed E-state index contributed by atoms with van der Waals surface area (Å²) in [6, 6.07) is 24.7. The number of ether oxygens (including phenoxy) is 1. The minimum atomic E-state index is 0.654. The van der Waals surface area contributed by atoms with E-state index in [0.29, 0.717) is 6.61 Å². The van der Waals surface area contributed by atoms with Crippen LogP contribution in [0, 0.1) is 13.8 Å². The van der Waals surface area contributed by atoms with E-state index < -0.39 is 0 Å². The monoisotopic (exact) mass is 372 g/mol. The first-order valence-electron chi connectivity index (χ1n) is 9.46. The van der Waals surface area contributed by atoms with Crippen LogP contribution in [0.5, 0.6) is 5.75 Å². The second kappa shape index (κ2) is 7.64. The van der Waals surface area contributed by atoms with Crippen LogP contribution in [0.15, 0.2) is 77.9 Å². The lowest BCUT2D eigenvalue weighted by molar-refractivity contribution is 0.340. The van der Waals surface area contributed by atoms with Crippen LogP contribution >= 0.6 is 0 Å². The zero-order valence-corrected chi connectivity index (χ0v) is 16.4. The highest BCUT2D eigenvalue weighted by molar-refractivity contribution is 6.02. The van der Waals surface area contributed by atoms with Gasteiger partial charge in [-0.3, -0.25) is 5.43 Å². The number of nitrogens with one attached hydrogen (secondary N) is 1. The summed E-state index contributed by atoms with van der Waals surface area (Å²) in [7, 11) is 0. The number of hydrazone groups is 1. The number of rotatable bonds is 5. The number of hydrogen-bond donors (Lipinski definition) is 1. The molecule has 28 heavy (non-hydrogen) atoms. The topological polar surface area (TPSA) is 40.1 Å². The summed E-state index contributed by atoms with van der Waals surface area (Å²) in [5.41, 5.74) is 8.85. The number of benzene rings is 3. The number of nitrogens with zero attached hydrogens (tertiary/aromatic N) is 3. The van der Waals surface area contributed by atoms with Gasteiger partial charge in [-0.05, 0) is 69.3 Å². The van der Waals surface area contributed by atoms with Gasteiger partial charge < -0.3 is 4.74 Å². The fourth-order valence-electron chi connectivity index (χ4n) is 3.02. The molecule has 0 radical (unpaired) electrons. The average Bonchev–Trinajstić information content (AvgIpc) is 3.15. The van der Waals surface area contributed by atoms with Crippen molar-refractivity contribution in [2.75, 3.05) is 16.8 Å². The molecule has 142 valence electrons. The fourth-order valence-corrected chi connectivity index (χ4v) is 3.02. The van der Waals surface area contributed by atoms with Gasteiger partial charge in [-0.25, -0.2) is 0 Å². The molecular weight excluding hydrogens is 348 g/mol. The van der Waals surface area contributed by atoms with E-state index in [0.717, 1.165) is 28.5 Å². The Labute approximate surface area is 165 Å². The van der Waals surface area contributed by atoms with E-state index in [1.807, 2.05) is 41.4 Å². The normalized spacial score (nSPS) is 13.3. The van der Waals surface area contributed by atoms with Crippen LogP contribution in [0.2, 0.25) is 0 Å². The smallest absolute Gasteiger partial charge is 0.176 e. The Morgan fingerprint density at radius 2 is 1.36 bits per heavy atom. The number of aryl methyl sites for hydroxylation is 2. The lowest BCUT2D eigenvalue weighted by Crippen LogP contribution is -2.44. The number of hydrazine groups is 2. The van der Waals surface area contributed by atoms with Crippen molar-refractivity contribution in [2.24, 2.45) is 5.10 Å². The summed E-state index contributed by atoms with van der Waals surface area (Å²) < 4.78 is 5.55. The molecule has 0 spiro atoms. The van der Waals surface area contributed by atoms with E-state index in [9.17, 15) is 0 Å². The Hall–Kier alpha value is -3.47. The SMILES string of the molecule is CCOc1ccc(C2=NN(c3ccc(C)cc3)N(c3ccc(C)cc3)N2)cc1. The molecule has 5 heteroatoms. The number of hydrogen-bond acceptors (Lipinski definition) is 5. The molecule has 4 rings (SSSR count). The molecule has 3 aromatic rings. The highest BCUT2D eigenvalue weighted by atomic mass is 16.5. The van der Waals surface area contributed by atoms with Gasteiger partial charge in [0.2, 0.25) is 0 Å². The van der Waals surface area contributed by atoms with Gasteiger partial charge in [0.05, 0.1) is 18.0 Å². The molecule has 3 aromatic carbocycles. The van der Waals surface area contributed by atoms with Crippen molar-refractivity contribution in [1.82, 2.24) is 5.43 Å². The molecule has 0 unspecified atom stereocenters. The number of anilines is 2. The Morgan fingerprint density at radius 3 is 1.93 bits per heavy atom. The largest absolute Gasteiger partial charge is 0.494 e. The van der Waals surface area contributed by atoms with Gasteiger partial charge in [0.15, 0.2) is 5.84 Å². The average molecular weight is 372 g/mol. The molecular formula is C23H24N4O. The van der Waals surface area contributed by atoms with Gasteiger partial charge in [0.25, 0.3) is 0 Å². The molecule has 1 N–H and O–H groups in total. The third-order valence-electron chi connectivity index (χ3n) is 4.58. The van der Waals surface area contributed by atoms with Crippen LogP contribution in [-0.4, -0.2) is 12.4 Å². The highest BCUT2D eigenvalue weighted by Crippen LogP contribution is 2.26. The third-order valence-corrected chi connectivity index (χ3v) is 4.58. The first-order chi connectivity index (χ1) is 13.6. The van der Waals surface area contributed by atoms with Crippen molar-refractivity contribution in [3.63, 3.8) is 0 Å². The van der Waals surface area contributed by atoms with E-state index in [1.165, 1.54) is 11.1 Å². The van der Waals surface area contributed by atoms with Crippen LogP contribution in [0.25, 0.3) is 0 Å². The number of amidine groups is 1. The summed E-state index contributed by atoms with van der Waals surface area (Å²) in [5.74, 6) is 1.64. The van der Waals surface area contributed by atoms with Gasteiger partial charge in [0.1, 0.15) is 5.75 Å². The molecule has 1 heterocycles. The van der Waals surface area contributed by atoms with E-state index in [2.05, 4.69) is 67.8 Å². The maximum absolute atomic E-state index is 5.55. The first-order valence-corrected chi connectivity index (χ1v) is 9.46. The molecule has 0 saturated heterocycles. The summed E-state index contributed by atoms with van der Waals surface area (Å²) in [5, 5.41) is 8.68. The molecule has 1 aliphatic rings. The highest BCUT2D eigenvalue weighted by Gasteiger charge is 2.26. The summed E-state index contributed by atoms with van der Waals surface area (Å²) in [6.07, 6.45) is 0. The minimum absolute atomic E-state index is 0.654. The van der Waals surface area contributed by atoms with Gasteiger partial charge in [-0.15, -0.1) is 5.10 Å². The maximum Gasteiger partial charge on any atom is 0.176 e. The second-order valence-electron chi connectivity index (χ2n) is 6.79. The first kappa shape index (κ1) is 17.9. The zero-order valence-electron chi connectivity index (χ0n) is 16.4. The van der Waals surface area contributed by atoms with Crippen LogP contribution in [0.3, 0.4) is 0 Å². The molecule has 0 bridgehead atoms.